The van der Waals surface area contributed by atoms with Crippen LogP contribution in [0.3, 0.4) is 0 Å². The van der Waals surface area contributed by atoms with Crippen LogP contribution >= 0.6 is 0 Å². The molecule has 0 spiro atoms. The molecular weight excluding hydrogens is 212 g/mol. The van der Waals surface area contributed by atoms with E-state index in [0.717, 1.165) is 31.2 Å². The molecule has 1 rings (SSSR count). The zero-order valence-corrected chi connectivity index (χ0v) is 10.9. The van der Waals surface area contributed by atoms with Gasteiger partial charge >= 0.3 is 5.97 Å². The Morgan fingerprint density at radius 3 is 2.47 bits per heavy atom. The average molecular weight is 234 g/mol. The first-order valence-electron chi connectivity index (χ1n) is 6.50. The Labute approximate surface area is 104 Å². The van der Waals surface area contributed by atoms with Gasteiger partial charge in [-0.2, -0.15) is 0 Å². The van der Waals surface area contributed by atoms with Gasteiger partial charge in [-0.3, -0.25) is 4.79 Å². The second-order valence-corrected chi connectivity index (χ2v) is 4.24. The molecule has 94 valence electrons. The number of hydrogen-bond donors (Lipinski definition) is 0. The number of hydrogen-bond acceptors (Lipinski definition) is 2. The summed E-state index contributed by atoms with van der Waals surface area (Å²) in [6.07, 6.45) is 4.68. The highest BCUT2D eigenvalue weighted by molar-refractivity contribution is 5.69. The van der Waals surface area contributed by atoms with E-state index >= 15 is 0 Å². The lowest BCUT2D eigenvalue weighted by Gasteiger charge is -2.08. The van der Waals surface area contributed by atoms with Crippen LogP contribution in [0.4, 0.5) is 0 Å². The molecule has 0 bridgehead atoms. The summed E-state index contributed by atoms with van der Waals surface area (Å²) < 4.78 is 5.28. The van der Waals surface area contributed by atoms with Crippen molar-refractivity contribution in [3.8, 4) is 0 Å². The summed E-state index contributed by atoms with van der Waals surface area (Å²) in [6, 6.07) is 8.11. The molecule has 0 aliphatic heterocycles. The molecule has 0 atom stereocenters. The zero-order valence-electron chi connectivity index (χ0n) is 10.9. The van der Waals surface area contributed by atoms with Crippen LogP contribution in [-0.4, -0.2) is 5.97 Å². The summed E-state index contributed by atoms with van der Waals surface area (Å²) in [5.41, 5.74) is 2.38. The van der Waals surface area contributed by atoms with Crippen LogP contribution in [0.1, 0.15) is 50.7 Å². The fourth-order valence-electron chi connectivity index (χ4n) is 1.79. The maximum Gasteiger partial charge on any atom is 0.306 e. The lowest BCUT2D eigenvalue weighted by atomic mass is 10.1. The first kappa shape index (κ1) is 13.8. The van der Waals surface area contributed by atoms with Gasteiger partial charge in [0, 0.05) is 6.42 Å². The predicted molar refractivity (Wildman–Crippen MR) is 69.8 cm³/mol. The fourth-order valence-corrected chi connectivity index (χ4v) is 1.79. The van der Waals surface area contributed by atoms with E-state index in [4.69, 9.17) is 4.74 Å². The lowest BCUT2D eigenvalue weighted by Crippen LogP contribution is -2.05. The van der Waals surface area contributed by atoms with Gasteiger partial charge in [-0.15, -0.1) is 0 Å². The first-order valence-corrected chi connectivity index (χ1v) is 6.50. The van der Waals surface area contributed by atoms with E-state index in [0.29, 0.717) is 13.0 Å². The number of aryl methyl sites for hydroxylation is 1. The molecule has 0 unspecified atom stereocenters. The molecule has 17 heavy (non-hydrogen) atoms. The summed E-state index contributed by atoms with van der Waals surface area (Å²) in [5.74, 6) is -0.0793. The van der Waals surface area contributed by atoms with Crippen LogP contribution in [0.15, 0.2) is 24.3 Å². The summed E-state index contributed by atoms with van der Waals surface area (Å²) in [6.45, 7) is 4.65. The van der Waals surface area contributed by atoms with Crippen molar-refractivity contribution in [1.29, 1.82) is 0 Å². The topological polar surface area (TPSA) is 26.3 Å². The van der Waals surface area contributed by atoms with Gasteiger partial charge in [-0.1, -0.05) is 51.0 Å². The summed E-state index contributed by atoms with van der Waals surface area (Å²) in [5, 5.41) is 0. The molecule has 0 aliphatic carbocycles. The van der Waals surface area contributed by atoms with Gasteiger partial charge < -0.3 is 4.74 Å². The van der Waals surface area contributed by atoms with Gasteiger partial charge in [-0.05, 0) is 24.0 Å². The first-order chi connectivity index (χ1) is 8.27. The Bertz CT molecular complexity index is 345. The van der Waals surface area contributed by atoms with Crippen molar-refractivity contribution in [2.75, 3.05) is 0 Å². The Balaban J connectivity index is 2.36. The van der Waals surface area contributed by atoms with E-state index < -0.39 is 0 Å². The van der Waals surface area contributed by atoms with Gasteiger partial charge in [0.05, 0.1) is 0 Å². The molecule has 2 heteroatoms. The summed E-state index contributed by atoms with van der Waals surface area (Å²) >= 11 is 0. The molecular formula is C15H22O2. The van der Waals surface area contributed by atoms with E-state index in [1.165, 1.54) is 5.56 Å². The van der Waals surface area contributed by atoms with Crippen LogP contribution in [0, 0.1) is 0 Å². The Morgan fingerprint density at radius 2 is 1.82 bits per heavy atom. The average Bonchev–Trinajstić information content (AvgIpc) is 2.37. The smallest absolute Gasteiger partial charge is 0.306 e. The molecule has 1 aromatic rings. The van der Waals surface area contributed by atoms with E-state index in [1.807, 2.05) is 18.2 Å². The minimum absolute atomic E-state index is 0.0793. The number of rotatable bonds is 7. The van der Waals surface area contributed by atoms with E-state index in [2.05, 4.69) is 19.9 Å². The molecule has 0 fully saturated rings. The highest BCUT2D eigenvalue weighted by Crippen LogP contribution is 2.11. The molecule has 0 saturated carbocycles. The van der Waals surface area contributed by atoms with Crippen molar-refractivity contribution >= 4 is 5.97 Å². The van der Waals surface area contributed by atoms with Crippen molar-refractivity contribution < 1.29 is 9.53 Å². The van der Waals surface area contributed by atoms with Gasteiger partial charge in [0.15, 0.2) is 0 Å². The molecule has 0 aliphatic rings. The van der Waals surface area contributed by atoms with E-state index in [-0.39, 0.29) is 5.97 Å². The quantitative estimate of drug-likeness (QED) is 0.529. The van der Waals surface area contributed by atoms with Crippen LogP contribution in [-0.2, 0) is 22.6 Å². The van der Waals surface area contributed by atoms with Crippen LogP contribution in [0.25, 0.3) is 0 Å². The van der Waals surface area contributed by atoms with Crippen molar-refractivity contribution in [2.24, 2.45) is 0 Å². The van der Waals surface area contributed by atoms with Gasteiger partial charge in [0.25, 0.3) is 0 Å². The van der Waals surface area contributed by atoms with Crippen molar-refractivity contribution in [3.63, 3.8) is 0 Å². The van der Waals surface area contributed by atoms with Crippen LogP contribution in [0.5, 0.6) is 0 Å². The van der Waals surface area contributed by atoms with Gasteiger partial charge in [-0.25, -0.2) is 0 Å². The van der Waals surface area contributed by atoms with E-state index in [9.17, 15) is 4.79 Å². The second kappa shape index (κ2) is 7.88. The van der Waals surface area contributed by atoms with E-state index in [1.54, 1.807) is 0 Å². The molecule has 0 N–H and O–H groups in total. The van der Waals surface area contributed by atoms with Crippen LogP contribution < -0.4 is 0 Å². The minimum Gasteiger partial charge on any atom is -0.461 e. The molecule has 0 radical (unpaired) electrons. The standard InChI is InChI=1S/C15H22O2/c1-3-5-6-11-15(16)17-12-14-10-8-7-9-13(14)4-2/h7-10H,3-6,11-12H2,1-2H3. The molecule has 1 aromatic carbocycles. The Morgan fingerprint density at radius 1 is 1.12 bits per heavy atom. The number of ether oxygens (including phenoxy) is 1. The molecule has 0 aromatic heterocycles. The number of esters is 1. The zero-order chi connectivity index (χ0) is 12.5. The summed E-state index contributed by atoms with van der Waals surface area (Å²) in [7, 11) is 0. The Kier molecular flexibility index (Phi) is 6.38. The van der Waals surface area contributed by atoms with Gasteiger partial charge in [0.1, 0.15) is 6.61 Å². The fraction of sp³-hybridized carbons (Fsp3) is 0.533. The third-order valence-corrected chi connectivity index (χ3v) is 2.87. The number of carbonyl (C=O) groups excluding carboxylic acids is 1. The highest BCUT2D eigenvalue weighted by atomic mass is 16.5. The normalized spacial score (nSPS) is 10.2. The molecule has 0 saturated heterocycles. The molecule has 0 heterocycles. The third kappa shape index (κ3) is 5.03. The predicted octanol–water partition coefficient (Wildman–Crippen LogP) is 3.87. The van der Waals surface area contributed by atoms with Crippen molar-refractivity contribution in [2.45, 2.75) is 52.6 Å². The SMILES string of the molecule is CCCCCC(=O)OCc1ccccc1CC. The Hall–Kier alpha value is -1.31. The van der Waals surface area contributed by atoms with Crippen LogP contribution in [0.2, 0.25) is 0 Å². The highest BCUT2D eigenvalue weighted by Gasteiger charge is 2.05. The maximum atomic E-state index is 11.5. The van der Waals surface area contributed by atoms with Gasteiger partial charge in [0.2, 0.25) is 0 Å². The maximum absolute atomic E-state index is 11.5. The number of benzene rings is 1. The largest absolute Gasteiger partial charge is 0.461 e. The lowest BCUT2D eigenvalue weighted by molar-refractivity contribution is -0.145. The second-order valence-electron chi connectivity index (χ2n) is 4.24. The molecule has 2 nitrogen and oxygen atoms in total. The third-order valence-electron chi connectivity index (χ3n) is 2.87. The minimum atomic E-state index is -0.0793. The monoisotopic (exact) mass is 234 g/mol. The van der Waals surface area contributed by atoms with Crippen molar-refractivity contribution in [3.05, 3.63) is 35.4 Å². The summed E-state index contributed by atoms with van der Waals surface area (Å²) in [4.78, 5) is 11.5. The van der Waals surface area contributed by atoms with Crippen molar-refractivity contribution in [1.82, 2.24) is 0 Å². The molecule has 0 amide bonds. The number of unbranched alkanes of at least 4 members (excludes halogenated alkanes) is 2. The number of carbonyl (C=O) groups is 1.